The predicted molar refractivity (Wildman–Crippen MR) is 55.5 cm³/mol. The molecule has 0 heterocycles. The molecule has 1 fully saturated rings. The summed E-state index contributed by atoms with van der Waals surface area (Å²) in [4.78, 5) is 23.6. The summed E-state index contributed by atoms with van der Waals surface area (Å²) in [7, 11) is 1.76. The average Bonchev–Trinajstić information content (AvgIpc) is 2.86. The Balaban J connectivity index is 2.22. The Morgan fingerprint density at radius 3 is 2.60 bits per heavy atom. The maximum Gasteiger partial charge on any atom is 0.304 e. The second-order valence-corrected chi connectivity index (χ2v) is 4.20. The van der Waals surface area contributed by atoms with Crippen LogP contribution in [0.2, 0.25) is 0 Å². The summed E-state index contributed by atoms with van der Waals surface area (Å²) in [5, 5.41) is 11.5. The van der Waals surface area contributed by atoms with Crippen LogP contribution in [0.1, 0.15) is 26.2 Å². The van der Waals surface area contributed by atoms with E-state index in [0.717, 1.165) is 12.8 Å². The minimum Gasteiger partial charge on any atom is -0.481 e. The molecule has 86 valence electrons. The van der Waals surface area contributed by atoms with Crippen molar-refractivity contribution in [1.82, 2.24) is 10.2 Å². The summed E-state index contributed by atoms with van der Waals surface area (Å²) in [6, 6.07) is 0.244. The molecule has 0 aromatic heterocycles. The third-order valence-corrected chi connectivity index (χ3v) is 2.56. The fourth-order valence-electron chi connectivity index (χ4n) is 1.29. The van der Waals surface area contributed by atoms with Crippen molar-refractivity contribution >= 4 is 11.9 Å². The Bertz CT molecular complexity index is 251. The quantitative estimate of drug-likeness (QED) is 0.656. The third kappa shape index (κ3) is 4.78. The Kier molecular flexibility index (Phi) is 4.08. The van der Waals surface area contributed by atoms with Gasteiger partial charge in [0, 0.05) is 12.1 Å². The number of rotatable bonds is 6. The van der Waals surface area contributed by atoms with Gasteiger partial charge < -0.3 is 10.4 Å². The molecule has 0 aliphatic heterocycles. The lowest BCUT2D eigenvalue weighted by molar-refractivity contribution is -0.138. The van der Waals surface area contributed by atoms with E-state index in [1.54, 1.807) is 18.9 Å². The summed E-state index contributed by atoms with van der Waals surface area (Å²) >= 11 is 0. The zero-order valence-electron chi connectivity index (χ0n) is 9.19. The van der Waals surface area contributed by atoms with Gasteiger partial charge in [0.25, 0.3) is 0 Å². The SMILES string of the molecule is CC(CC(=O)O)N(C)CC(=O)NC1CC1. The number of nitrogens with zero attached hydrogens (tertiary/aromatic N) is 1. The largest absolute Gasteiger partial charge is 0.481 e. The Morgan fingerprint density at radius 2 is 2.13 bits per heavy atom. The first-order valence-electron chi connectivity index (χ1n) is 5.20. The van der Waals surface area contributed by atoms with E-state index in [4.69, 9.17) is 5.11 Å². The van der Waals surface area contributed by atoms with Crippen LogP contribution in [-0.4, -0.2) is 47.6 Å². The van der Waals surface area contributed by atoms with Gasteiger partial charge in [-0.25, -0.2) is 0 Å². The molecule has 15 heavy (non-hydrogen) atoms. The molecule has 1 rings (SSSR count). The molecule has 1 amide bonds. The lowest BCUT2D eigenvalue weighted by Gasteiger charge is -2.22. The van der Waals surface area contributed by atoms with Crippen LogP contribution in [-0.2, 0) is 9.59 Å². The van der Waals surface area contributed by atoms with Gasteiger partial charge in [-0.2, -0.15) is 0 Å². The monoisotopic (exact) mass is 214 g/mol. The lowest BCUT2D eigenvalue weighted by Crippen LogP contribution is -2.40. The molecule has 0 spiro atoms. The van der Waals surface area contributed by atoms with E-state index < -0.39 is 5.97 Å². The second kappa shape index (κ2) is 5.11. The first-order chi connectivity index (χ1) is 6.99. The number of amides is 1. The smallest absolute Gasteiger partial charge is 0.304 e. The summed E-state index contributed by atoms with van der Waals surface area (Å²) in [6.07, 6.45) is 2.20. The molecule has 1 saturated carbocycles. The predicted octanol–water partition coefficient (Wildman–Crippen LogP) is 0.0600. The first-order valence-corrected chi connectivity index (χ1v) is 5.20. The molecule has 0 radical (unpaired) electrons. The summed E-state index contributed by atoms with van der Waals surface area (Å²) in [5.41, 5.74) is 0. The Hall–Kier alpha value is -1.10. The maximum atomic E-state index is 11.4. The number of carboxylic acid groups (broad SMARTS) is 1. The number of carbonyl (C=O) groups excluding carboxylic acids is 1. The lowest BCUT2D eigenvalue weighted by atomic mass is 10.2. The standard InChI is InChI=1S/C10H18N2O3/c1-7(5-10(14)15)12(2)6-9(13)11-8-3-4-8/h7-8H,3-6H2,1-2H3,(H,11,13)(H,14,15). The van der Waals surface area contributed by atoms with Gasteiger partial charge in [0.2, 0.25) is 5.91 Å². The molecule has 1 unspecified atom stereocenters. The molecule has 2 N–H and O–H groups in total. The van der Waals surface area contributed by atoms with Crippen LogP contribution in [0.15, 0.2) is 0 Å². The molecule has 0 saturated heterocycles. The minimum atomic E-state index is -0.836. The number of carboxylic acids is 1. The van der Waals surface area contributed by atoms with E-state index in [9.17, 15) is 9.59 Å². The Morgan fingerprint density at radius 1 is 1.53 bits per heavy atom. The van der Waals surface area contributed by atoms with Gasteiger partial charge in [-0.15, -0.1) is 0 Å². The number of nitrogens with one attached hydrogen (secondary N) is 1. The fraction of sp³-hybridized carbons (Fsp3) is 0.800. The van der Waals surface area contributed by atoms with Gasteiger partial charge >= 0.3 is 5.97 Å². The number of hydrogen-bond donors (Lipinski definition) is 2. The maximum absolute atomic E-state index is 11.4. The van der Waals surface area contributed by atoms with Gasteiger partial charge in [-0.05, 0) is 26.8 Å². The summed E-state index contributed by atoms with van der Waals surface area (Å²) < 4.78 is 0. The van der Waals surface area contributed by atoms with Crippen molar-refractivity contribution in [2.75, 3.05) is 13.6 Å². The van der Waals surface area contributed by atoms with Crippen molar-refractivity contribution in [2.45, 2.75) is 38.3 Å². The molecule has 5 nitrogen and oxygen atoms in total. The highest BCUT2D eigenvalue weighted by Crippen LogP contribution is 2.18. The van der Waals surface area contributed by atoms with Gasteiger partial charge in [0.1, 0.15) is 0 Å². The molecule has 5 heteroatoms. The average molecular weight is 214 g/mol. The van der Waals surface area contributed by atoms with Crippen LogP contribution in [0.5, 0.6) is 0 Å². The fourth-order valence-corrected chi connectivity index (χ4v) is 1.29. The number of likely N-dealkylation sites (N-methyl/N-ethyl adjacent to an activating group) is 1. The van der Waals surface area contributed by atoms with Gasteiger partial charge in [0.15, 0.2) is 0 Å². The van der Waals surface area contributed by atoms with E-state index in [1.807, 2.05) is 0 Å². The highest BCUT2D eigenvalue weighted by atomic mass is 16.4. The molecule has 1 aliphatic carbocycles. The second-order valence-electron chi connectivity index (χ2n) is 4.20. The number of aliphatic carboxylic acids is 1. The molecule has 1 atom stereocenters. The zero-order valence-corrected chi connectivity index (χ0v) is 9.19. The molecule has 0 bridgehead atoms. The van der Waals surface area contributed by atoms with E-state index in [2.05, 4.69) is 5.32 Å². The first kappa shape index (κ1) is 12.0. The van der Waals surface area contributed by atoms with Crippen molar-refractivity contribution in [3.8, 4) is 0 Å². The van der Waals surface area contributed by atoms with Crippen molar-refractivity contribution in [3.05, 3.63) is 0 Å². The third-order valence-electron chi connectivity index (χ3n) is 2.56. The van der Waals surface area contributed by atoms with Gasteiger partial charge in [-0.3, -0.25) is 14.5 Å². The molecule has 0 aromatic rings. The molecule has 0 aromatic carbocycles. The molecule has 1 aliphatic rings. The van der Waals surface area contributed by atoms with Crippen molar-refractivity contribution in [3.63, 3.8) is 0 Å². The minimum absolute atomic E-state index is 0.0164. The Labute approximate surface area is 89.4 Å². The summed E-state index contributed by atoms with van der Waals surface area (Å²) in [6.45, 7) is 2.07. The van der Waals surface area contributed by atoms with E-state index in [1.165, 1.54) is 0 Å². The van der Waals surface area contributed by atoms with Gasteiger partial charge in [0.05, 0.1) is 13.0 Å². The van der Waals surface area contributed by atoms with Crippen LogP contribution in [0.25, 0.3) is 0 Å². The van der Waals surface area contributed by atoms with Crippen LogP contribution in [0, 0.1) is 0 Å². The summed E-state index contributed by atoms with van der Waals surface area (Å²) in [5.74, 6) is -0.853. The van der Waals surface area contributed by atoms with E-state index in [0.29, 0.717) is 6.04 Å². The molecular weight excluding hydrogens is 196 g/mol. The van der Waals surface area contributed by atoms with Gasteiger partial charge in [-0.1, -0.05) is 0 Å². The van der Waals surface area contributed by atoms with Crippen LogP contribution >= 0.6 is 0 Å². The van der Waals surface area contributed by atoms with Crippen molar-refractivity contribution < 1.29 is 14.7 Å². The highest BCUT2D eigenvalue weighted by Gasteiger charge is 2.24. The number of carbonyl (C=O) groups is 2. The van der Waals surface area contributed by atoms with Crippen LogP contribution in [0.4, 0.5) is 0 Å². The van der Waals surface area contributed by atoms with Crippen molar-refractivity contribution in [1.29, 1.82) is 0 Å². The zero-order chi connectivity index (χ0) is 11.4. The molecular formula is C10H18N2O3. The van der Waals surface area contributed by atoms with E-state index in [-0.39, 0.29) is 24.9 Å². The number of hydrogen-bond acceptors (Lipinski definition) is 3. The normalized spacial score (nSPS) is 17.5. The van der Waals surface area contributed by atoms with Crippen LogP contribution in [0.3, 0.4) is 0 Å². The van der Waals surface area contributed by atoms with Crippen LogP contribution < -0.4 is 5.32 Å². The topological polar surface area (TPSA) is 69.6 Å². The van der Waals surface area contributed by atoms with Crippen molar-refractivity contribution in [2.24, 2.45) is 0 Å². The highest BCUT2D eigenvalue weighted by molar-refractivity contribution is 5.78. The van der Waals surface area contributed by atoms with E-state index >= 15 is 0 Å².